The third-order valence-electron chi connectivity index (χ3n) is 4.10. The van der Waals surface area contributed by atoms with Gasteiger partial charge < -0.3 is 5.73 Å². The number of fused-ring (bicyclic) bond motifs is 3. The number of hydrogen-bond acceptors (Lipinski definition) is 5. The first kappa shape index (κ1) is 14.5. The molecule has 0 unspecified atom stereocenters. The molecular formula is C16H16ClN3S2. The van der Waals surface area contributed by atoms with Crippen LogP contribution in [0.1, 0.15) is 16.0 Å². The van der Waals surface area contributed by atoms with Gasteiger partial charge in [-0.2, -0.15) is 0 Å². The van der Waals surface area contributed by atoms with Crippen molar-refractivity contribution in [2.75, 3.05) is 18.8 Å². The summed E-state index contributed by atoms with van der Waals surface area (Å²) in [4.78, 5) is 9.57. The Labute approximate surface area is 142 Å². The number of anilines is 1. The van der Waals surface area contributed by atoms with Crippen LogP contribution in [0.25, 0.3) is 9.53 Å². The van der Waals surface area contributed by atoms with E-state index in [1.165, 1.54) is 20.7 Å². The van der Waals surface area contributed by atoms with Gasteiger partial charge in [0.1, 0.15) is 4.83 Å². The van der Waals surface area contributed by atoms with Crippen LogP contribution in [-0.2, 0) is 19.4 Å². The lowest BCUT2D eigenvalue weighted by Crippen LogP contribution is -2.25. The number of nitrogens with two attached hydrogens (primary N) is 1. The lowest BCUT2D eigenvalue weighted by atomic mass is 10.2. The zero-order valence-electron chi connectivity index (χ0n) is 12.0. The van der Waals surface area contributed by atoms with E-state index in [0.29, 0.717) is 5.13 Å². The molecule has 0 atom stereocenters. The second-order valence-electron chi connectivity index (χ2n) is 5.59. The smallest absolute Gasteiger partial charge is 0.181 e. The van der Waals surface area contributed by atoms with Crippen LogP contribution in [0.4, 0.5) is 5.13 Å². The molecule has 0 bridgehead atoms. The number of nitrogens with zero attached hydrogens (tertiary/aromatic N) is 2. The second-order valence-corrected chi connectivity index (χ2v) is 8.14. The van der Waals surface area contributed by atoms with Gasteiger partial charge in [0.05, 0.1) is 4.70 Å². The molecule has 114 valence electrons. The molecule has 2 aromatic heterocycles. The van der Waals surface area contributed by atoms with E-state index in [0.717, 1.165) is 42.3 Å². The standard InChI is InChI=1S/C16H16ClN3S2/c17-11-3-1-10(2-4-11)9-20-7-5-12-13(6-8-20)21-15-14(12)22-16(18)19-15/h1-4H,5-9H2,(H2,18,19). The zero-order valence-corrected chi connectivity index (χ0v) is 14.4. The van der Waals surface area contributed by atoms with Crippen molar-refractivity contribution in [2.24, 2.45) is 0 Å². The molecule has 0 fully saturated rings. The van der Waals surface area contributed by atoms with Gasteiger partial charge in [0.15, 0.2) is 5.13 Å². The normalized spacial score (nSPS) is 15.9. The van der Waals surface area contributed by atoms with E-state index >= 15 is 0 Å². The number of rotatable bonds is 2. The van der Waals surface area contributed by atoms with Crippen molar-refractivity contribution < 1.29 is 0 Å². The highest BCUT2D eigenvalue weighted by Crippen LogP contribution is 2.38. The molecule has 4 rings (SSSR count). The lowest BCUT2D eigenvalue weighted by molar-refractivity contribution is 0.279. The topological polar surface area (TPSA) is 42.1 Å². The monoisotopic (exact) mass is 349 g/mol. The summed E-state index contributed by atoms with van der Waals surface area (Å²) in [5.41, 5.74) is 8.64. The Morgan fingerprint density at radius 2 is 1.91 bits per heavy atom. The molecule has 0 saturated heterocycles. The summed E-state index contributed by atoms with van der Waals surface area (Å²) in [6, 6.07) is 8.17. The van der Waals surface area contributed by atoms with Crippen LogP contribution in [0.3, 0.4) is 0 Å². The number of thiazole rings is 1. The molecule has 0 radical (unpaired) electrons. The largest absolute Gasteiger partial charge is 0.375 e. The van der Waals surface area contributed by atoms with Crippen molar-refractivity contribution in [3.05, 3.63) is 45.3 Å². The number of hydrogen-bond donors (Lipinski definition) is 1. The molecule has 1 aromatic carbocycles. The molecular weight excluding hydrogens is 334 g/mol. The number of aromatic nitrogens is 1. The number of nitrogen functional groups attached to an aromatic ring is 1. The van der Waals surface area contributed by atoms with Gasteiger partial charge in [0.25, 0.3) is 0 Å². The first-order valence-electron chi connectivity index (χ1n) is 7.32. The fourth-order valence-electron chi connectivity index (χ4n) is 2.99. The van der Waals surface area contributed by atoms with Crippen LogP contribution in [0.5, 0.6) is 0 Å². The minimum absolute atomic E-state index is 0.686. The molecule has 0 aliphatic carbocycles. The van der Waals surface area contributed by atoms with Crippen LogP contribution in [0, 0.1) is 0 Å². The van der Waals surface area contributed by atoms with Gasteiger partial charge in [-0.3, -0.25) is 4.90 Å². The number of thiophene rings is 1. The average molecular weight is 350 g/mol. The highest BCUT2D eigenvalue weighted by atomic mass is 35.5. The molecule has 22 heavy (non-hydrogen) atoms. The first-order chi connectivity index (χ1) is 10.7. The van der Waals surface area contributed by atoms with E-state index in [9.17, 15) is 0 Å². The summed E-state index contributed by atoms with van der Waals surface area (Å²) in [6.07, 6.45) is 2.20. The predicted octanol–water partition coefficient (Wildman–Crippen LogP) is 4.19. The Kier molecular flexibility index (Phi) is 3.82. The van der Waals surface area contributed by atoms with Crippen molar-refractivity contribution in [1.29, 1.82) is 0 Å². The summed E-state index contributed by atoms with van der Waals surface area (Å²) in [6.45, 7) is 3.16. The van der Waals surface area contributed by atoms with Gasteiger partial charge in [-0.05, 0) is 36.1 Å². The van der Waals surface area contributed by atoms with E-state index < -0.39 is 0 Å². The van der Waals surface area contributed by atoms with E-state index in [-0.39, 0.29) is 0 Å². The van der Waals surface area contributed by atoms with E-state index in [1.807, 2.05) is 23.5 Å². The summed E-state index contributed by atoms with van der Waals surface area (Å²) in [7, 11) is 0. The molecule has 1 aliphatic heterocycles. The van der Waals surface area contributed by atoms with Gasteiger partial charge in [-0.1, -0.05) is 35.1 Å². The highest BCUT2D eigenvalue weighted by Gasteiger charge is 2.20. The fraction of sp³-hybridized carbons (Fsp3) is 0.312. The molecule has 1 aliphatic rings. The minimum atomic E-state index is 0.686. The Hall–Kier alpha value is -1.14. The molecule has 0 spiro atoms. The number of benzene rings is 1. The Balaban J connectivity index is 1.52. The van der Waals surface area contributed by atoms with Crippen molar-refractivity contribution >= 4 is 48.9 Å². The van der Waals surface area contributed by atoms with Gasteiger partial charge in [-0.25, -0.2) is 4.98 Å². The number of halogens is 1. The Morgan fingerprint density at radius 1 is 1.14 bits per heavy atom. The molecule has 0 amide bonds. The lowest BCUT2D eigenvalue weighted by Gasteiger charge is -2.19. The van der Waals surface area contributed by atoms with E-state index in [2.05, 4.69) is 22.0 Å². The maximum absolute atomic E-state index is 5.96. The van der Waals surface area contributed by atoms with Crippen molar-refractivity contribution in [2.45, 2.75) is 19.4 Å². The van der Waals surface area contributed by atoms with Crippen molar-refractivity contribution in [1.82, 2.24) is 9.88 Å². The maximum Gasteiger partial charge on any atom is 0.181 e. The Morgan fingerprint density at radius 3 is 2.73 bits per heavy atom. The van der Waals surface area contributed by atoms with Crippen LogP contribution < -0.4 is 5.73 Å². The van der Waals surface area contributed by atoms with E-state index in [1.54, 1.807) is 11.3 Å². The molecule has 6 heteroatoms. The first-order valence-corrected chi connectivity index (χ1v) is 9.33. The van der Waals surface area contributed by atoms with Crippen LogP contribution >= 0.6 is 34.3 Å². The van der Waals surface area contributed by atoms with Crippen LogP contribution in [-0.4, -0.2) is 23.0 Å². The summed E-state index contributed by atoms with van der Waals surface area (Å²) < 4.78 is 1.31. The van der Waals surface area contributed by atoms with Gasteiger partial charge >= 0.3 is 0 Å². The molecule has 0 saturated carbocycles. The summed E-state index contributed by atoms with van der Waals surface area (Å²) in [5.74, 6) is 0. The maximum atomic E-state index is 5.96. The van der Waals surface area contributed by atoms with Gasteiger partial charge in [0.2, 0.25) is 0 Å². The average Bonchev–Trinajstić information content (AvgIpc) is 2.93. The summed E-state index contributed by atoms with van der Waals surface area (Å²) in [5, 5.41) is 1.48. The SMILES string of the molecule is Nc1nc2sc3c(c2s1)CCN(Cc1ccc(Cl)cc1)CC3. The minimum Gasteiger partial charge on any atom is -0.375 e. The molecule has 2 N–H and O–H groups in total. The van der Waals surface area contributed by atoms with Crippen molar-refractivity contribution in [3.63, 3.8) is 0 Å². The molecule has 3 nitrogen and oxygen atoms in total. The third kappa shape index (κ3) is 2.74. The van der Waals surface area contributed by atoms with Gasteiger partial charge in [0, 0.05) is 29.5 Å². The third-order valence-corrected chi connectivity index (χ3v) is 6.61. The second kappa shape index (κ2) is 5.81. The molecule has 3 aromatic rings. The summed E-state index contributed by atoms with van der Waals surface area (Å²) >= 11 is 9.41. The fourth-order valence-corrected chi connectivity index (χ4v) is 5.43. The van der Waals surface area contributed by atoms with Crippen molar-refractivity contribution in [3.8, 4) is 0 Å². The van der Waals surface area contributed by atoms with Gasteiger partial charge in [-0.15, -0.1) is 11.3 Å². The highest BCUT2D eigenvalue weighted by molar-refractivity contribution is 7.29. The Bertz CT molecular complexity index is 807. The molecule has 3 heterocycles. The zero-order chi connectivity index (χ0) is 15.1. The van der Waals surface area contributed by atoms with E-state index in [4.69, 9.17) is 17.3 Å². The van der Waals surface area contributed by atoms with Crippen LogP contribution in [0.15, 0.2) is 24.3 Å². The predicted molar refractivity (Wildman–Crippen MR) is 96.0 cm³/mol. The quantitative estimate of drug-likeness (QED) is 0.754. The van der Waals surface area contributed by atoms with Crippen LogP contribution in [0.2, 0.25) is 5.02 Å².